The highest BCUT2D eigenvalue weighted by Crippen LogP contribution is 2.32. The number of sulfonamides is 1. The van der Waals surface area contributed by atoms with Crippen molar-refractivity contribution in [2.45, 2.75) is 26.2 Å². The molecule has 0 bridgehead atoms. The standard InChI is InChI=1S/C20H21N3O3S2/c1-2-12-28(25,26)23-11-5-6-14-13-15(9-10-17(14)23)21-19(24)20-22-16-7-3-4-8-18(16)27-20/h3-4,7-10,13H,2,5-6,11-12H2,1H3,(H,21,24). The van der Waals surface area contributed by atoms with E-state index in [1.54, 1.807) is 12.1 Å². The van der Waals surface area contributed by atoms with Crippen LogP contribution in [0.5, 0.6) is 0 Å². The Morgan fingerprint density at radius 1 is 1.25 bits per heavy atom. The first-order chi connectivity index (χ1) is 13.5. The van der Waals surface area contributed by atoms with Gasteiger partial charge in [-0.2, -0.15) is 0 Å². The summed E-state index contributed by atoms with van der Waals surface area (Å²) in [4.78, 5) is 17.0. The summed E-state index contributed by atoms with van der Waals surface area (Å²) in [6.07, 6.45) is 2.15. The Hall–Kier alpha value is -2.45. The highest BCUT2D eigenvalue weighted by molar-refractivity contribution is 7.92. The molecule has 0 spiro atoms. The molecular formula is C20H21N3O3S2. The molecule has 1 amide bonds. The summed E-state index contributed by atoms with van der Waals surface area (Å²) in [6, 6.07) is 13.0. The fraction of sp³-hybridized carbons (Fsp3) is 0.300. The number of benzene rings is 2. The Morgan fingerprint density at radius 3 is 2.86 bits per heavy atom. The summed E-state index contributed by atoms with van der Waals surface area (Å²) in [5.41, 5.74) is 3.11. The van der Waals surface area contributed by atoms with E-state index in [1.807, 2.05) is 37.3 Å². The van der Waals surface area contributed by atoms with Crippen LogP contribution in [0.15, 0.2) is 42.5 Å². The van der Waals surface area contributed by atoms with Gasteiger partial charge < -0.3 is 5.32 Å². The molecule has 1 aromatic heterocycles. The fourth-order valence-electron chi connectivity index (χ4n) is 3.45. The van der Waals surface area contributed by atoms with Crippen LogP contribution in [0.4, 0.5) is 11.4 Å². The number of nitrogens with zero attached hydrogens (tertiary/aromatic N) is 2. The molecule has 1 N–H and O–H groups in total. The Labute approximate surface area is 168 Å². The number of hydrogen-bond acceptors (Lipinski definition) is 5. The van der Waals surface area contributed by atoms with E-state index in [0.29, 0.717) is 23.7 Å². The summed E-state index contributed by atoms with van der Waals surface area (Å²) in [6.45, 7) is 2.37. The number of aromatic nitrogens is 1. The third-order valence-corrected chi connectivity index (χ3v) is 7.71. The minimum Gasteiger partial charge on any atom is -0.320 e. The van der Waals surface area contributed by atoms with E-state index in [2.05, 4.69) is 10.3 Å². The molecule has 1 aliphatic rings. The molecule has 0 aliphatic carbocycles. The largest absolute Gasteiger partial charge is 0.320 e. The van der Waals surface area contributed by atoms with Gasteiger partial charge in [0.05, 0.1) is 21.7 Å². The molecule has 146 valence electrons. The van der Waals surface area contributed by atoms with Crippen molar-refractivity contribution in [3.8, 4) is 0 Å². The third kappa shape index (κ3) is 3.62. The van der Waals surface area contributed by atoms with Gasteiger partial charge in [0.15, 0.2) is 5.01 Å². The van der Waals surface area contributed by atoms with E-state index in [0.717, 1.165) is 34.3 Å². The molecule has 0 unspecified atom stereocenters. The van der Waals surface area contributed by atoms with Crippen molar-refractivity contribution in [3.05, 3.63) is 53.0 Å². The Morgan fingerprint density at radius 2 is 2.07 bits per heavy atom. The number of amides is 1. The molecule has 2 aromatic carbocycles. The number of aryl methyl sites for hydroxylation is 1. The molecule has 0 saturated carbocycles. The number of carbonyl (C=O) groups is 1. The molecule has 28 heavy (non-hydrogen) atoms. The molecule has 0 saturated heterocycles. The Bertz CT molecular complexity index is 1110. The van der Waals surface area contributed by atoms with Gasteiger partial charge in [-0.15, -0.1) is 11.3 Å². The quantitative estimate of drug-likeness (QED) is 0.682. The van der Waals surface area contributed by atoms with Gasteiger partial charge >= 0.3 is 0 Å². The smallest absolute Gasteiger partial charge is 0.284 e. The van der Waals surface area contributed by atoms with Gasteiger partial charge in [0, 0.05) is 12.2 Å². The van der Waals surface area contributed by atoms with Crippen LogP contribution in [0.2, 0.25) is 0 Å². The summed E-state index contributed by atoms with van der Waals surface area (Å²) < 4.78 is 27.5. The van der Waals surface area contributed by atoms with Crippen LogP contribution in [0, 0.1) is 0 Å². The third-order valence-electron chi connectivity index (χ3n) is 4.70. The summed E-state index contributed by atoms with van der Waals surface area (Å²) in [5.74, 6) is -0.116. The molecule has 1 aliphatic heterocycles. The molecule has 0 atom stereocenters. The predicted molar refractivity (Wildman–Crippen MR) is 114 cm³/mol. The van der Waals surface area contributed by atoms with E-state index in [9.17, 15) is 13.2 Å². The summed E-state index contributed by atoms with van der Waals surface area (Å²) in [7, 11) is -3.30. The number of hydrogen-bond donors (Lipinski definition) is 1. The van der Waals surface area contributed by atoms with Crippen molar-refractivity contribution in [2.24, 2.45) is 0 Å². The maximum Gasteiger partial charge on any atom is 0.284 e. The molecule has 8 heteroatoms. The average molecular weight is 416 g/mol. The van der Waals surface area contributed by atoms with Crippen LogP contribution in [0.3, 0.4) is 0 Å². The number of para-hydroxylation sites is 1. The van der Waals surface area contributed by atoms with Crippen LogP contribution in [-0.4, -0.2) is 31.6 Å². The van der Waals surface area contributed by atoms with Crippen molar-refractivity contribution in [1.29, 1.82) is 0 Å². The first kappa shape index (κ1) is 18.9. The second-order valence-electron chi connectivity index (χ2n) is 6.78. The molecule has 3 aromatic rings. The zero-order valence-corrected chi connectivity index (χ0v) is 17.1. The lowest BCUT2D eigenvalue weighted by atomic mass is 10.0. The first-order valence-electron chi connectivity index (χ1n) is 9.28. The van der Waals surface area contributed by atoms with E-state index in [1.165, 1.54) is 15.6 Å². The number of fused-ring (bicyclic) bond motifs is 2. The van der Waals surface area contributed by atoms with E-state index in [-0.39, 0.29) is 11.7 Å². The second kappa shape index (κ2) is 7.52. The van der Waals surface area contributed by atoms with Gasteiger partial charge in [0.1, 0.15) is 0 Å². The van der Waals surface area contributed by atoms with Crippen molar-refractivity contribution >= 4 is 48.9 Å². The van der Waals surface area contributed by atoms with Crippen LogP contribution in [-0.2, 0) is 16.4 Å². The van der Waals surface area contributed by atoms with Crippen molar-refractivity contribution < 1.29 is 13.2 Å². The van der Waals surface area contributed by atoms with Gasteiger partial charge in [-0.05, 0) is 55.2 Å². The number of thiazole rings is 1. The number of rotatable bonds is 5. The van der Waals surface area contributed by atoms with E-state index in [4.69, 9.17) is 0 Å². The summed E-state index contributed by atoms with van der Waals surface area (Å²) >= 11 is 1.35. The van der Waals surface area contributed by atoms with Gasteiger partial charge in [-0.25, -0.2) is 13.4 Å². The monoisotopic (exact) mass is 415 g/mol. The molecule has 6 nitrogen and oxygen atoms in total. The number of anilines is 2. The molecule has 4 rings (SSSR count). The zero-order valence-electron chi connectivity index (χ0n) is 15.5. The number of nitrogens with one attached hydrogen (secondary N) is 1. The van der Waals surface area contributed by atoms with E-state index >= 15 is 0 Å². The molecule has 0 radical (unpaired) electrons. The van der Waals surface area contributed by atoms with Gasteiger partial charge in [0.25, 0.3) is 5.91 Å². The molecule has 2 heterocycles. The normalized spacial score (nSPS) is 14.1. The highest BCUT2D eigenvalue weighted by atomic mass is 32.2. The Kier molecular flexibility index (Phi) is 5.07. The Balaban J connectivity index is 1.58. The van der Waals surface area contributed by atoms with Crippen molar-refractivity contribution in [1.82, 2.24) is 4.98 Å². The fourth-order valence-corrected chi connectivity index (χ4v) is 5.93. The second-order valence-corrected chi connectivity index (χ2v) is 9.82. The minimum absolute atomic E-state index is 0.141. The summed E-state index contributed by atoms with van der Waals surface area (Å²) in [5, 5.41) is 3.30. The minimum atomic E-state index is -3.30. The maximum atomic E-state index is 12.6. The van der Waals surface area contributed by atoms with Crippen LogP contribution in [0.1, 0.15) is 35.1 Å². The predicted octanol–water partition coefficient (Wildman–Crippen LogP) is 4.04. The van der Waals surface area contributed by atoms with Gasteiger partial charge in [-0.3, -0.25) is 9.10 Å². The number of carbonyl (C=O) groups excluding carboxylic acids is 1. The van der Waals surface area contributed by atoms with Crippen LogP contribution < -0.4 is 9.62 Å². The van der Waals surface area contributed by atoms with Crippen LogP contribution >= 0.6 is 11.3 Å². The van der Waals surface area contributed by atoms with Crippen molar-refractivity contribution in [3.63, 3.8) is 0 Å². The average Bonchev–Trinajstić information content (AvgIpc) is 3.12. The maximum absolute atomic E-state index is 12.6. The lowest BCUT2D eigenvalue weighted by Gasteiger charge is -2.30. The SMILES string of the molecule is CCCS(=O)(=O)N1CCCc2cc(NC(=O)c3nc4ccccc4s3)ccc21. The lowest BCUT2D eigenvalue weighted by Crippen LogP contribution is -2.37. The van der Waals surface area contributed by atoms with Crippen LogP contribution in [0.25, 0.3) is 10.2 Å². The van der Waals surface area contributed by atoms with E-state index < -0.39 is 10.0 Å². The van der Waals surface area contributed by atoms with Crippen molar-refractivity contribution in [2.75, 3.05) is 21.9 Å². The first-order valence-corrected chi connectivity index (χ1v) is 11.7. The lowest BCUT2D eigenvalue weighted by molar-refractivity contribution is 0.102. The molecule has 0 fully saturated rings. The topological polar surface area (TPSA) is 79.4 Å². The molecular weight excluding hydrogens is 394 g/mol. The van der Waals surface area contributed by atoms with Gasteiger partial charge in [-0.1, -0.05) is 19.1 Å². The van der Waals surface area contributed by atoms with Gasteiger partial charge in [0.2, 0.25) is 10.0 Å². The zero-order chi connectivity index (χ0) is 19.7. The highest BCUT2D eigenvalue weighted by Gasteiger charge is 2.27.